The number of hydrogen-bond acceptors (Lipinski definition) is 5. The molecule has 0 spiro atoms. The first-order chi connectivity index (χ1) is 11.3. The molecule has 0 N–H and O–H groups in total. The minimum atomic E-state index is -0.157. The largest absolute Gasteiger partial charge is 0.477 e. The number of ether oxygens (including phenoxy) is 1. The maximum Gasteiger partial charge on any atom is 0.228 e. The van der Waals surface area contributed by atoms with E-state index >= 15 is 0 Å². The van der Waals surface area contributed by atoms with Gasteiger partial charge in [0.15, 0.2) is 11.6 Å². The Kier molecular flexibility index (Phi) is 4.38. The maximum absolute atomic E-state index is 12.6. The van der Waals surface area contributed by atoms with Gasteiger partial charge in [-0.1, -0.05) is 30.3 Å². The predicted molar refractivity (Wildman–Crippen MR) is 86.3 cm³/mol. The molecule has 2 heterocycles. The normalized spacial score (nSPS) is 10.3. The van der Waals surface area contributed by atoms with Crippen molar-refractivity contribution in [3.8, 4) is 17.3 Å². The quantitative estimate of drug-likeness (QED) is 0.677. The lowest BCUT2D eigenvalue weighted by Crippen LogP contribution is -2.08. The Morgan fingerprint density at radius 2 is 1.83 bits per heavy atom. The lowest BCUT2D eigenvalue weighted by atomic mass is 10.1. The summed E-state index contributed by atoms with van der Waals surface area (Å²) in [5, 5.41) is 0. The molecule has 0 saturated carbocycles. The number of hydrogen-bond donors (Lipinski definition) is 0. The van der Waals surface area contributed by atoms with E-state index < -0.39 is 0 Å². The number of aromatic nitrogens is 3. The Hall–Kier alpha value is -3.08. The summed E-state index contributed by atoms with van der Waals surface area (Å²) >= 11 is 0. The lowest BCUT2D eigenvalue weighted by molar-refractivity contribution is 0.103. The summed E-state index contributed by atoms with van der Waals surface area (Å²) < 4.78 is 5.55. The number of benzene rings is 1. The second kappa shape index (κ2) is 6.79. The van der Waals surface area contributed by atoms with Crippen molar-refractivity contribution in [3.05, 3.63) is 72.2 Å². The Bertz CT molecular complexity index is 805. The van der Waals surface area contributed by atoms with Crippen LogP contribution in [-0.2, 0) is 0 Å². The highest BCUT2D eigenvalue weighted by Gasteiger charge is 2.18. The van der Waals surface area contributed by atoms with Crippen LogP contribution in [0.4, 0.5) is 0 Å². The minimum absolute atomic E-state index is 0.157. The van der Waals surface area contributed by atoms with E-state index in [0.29, 0.717) is 29.4 Å². The summed E-state index contributed by atoms with van der Waals surface area (Å²) in [6, 6.07) is 12.6. The summed E-state index contributed by atoms with van der Waals surface area (Å²) in [4.78, 5) is 25.3. The van der Waals surface area contributed by atoms with Gasteiger partial charge in [-0.2, -0.15) is 4.98 Å². The highest BCUT2D eigenvalue weighted by molar-refractivity contribution is 6.10. The first-order valence-corrected chi connectivity index (χ1v) is 7.29. The second-order valence-electron chi connectivity index (χ2n) is 4.78. The van der Waals surface area contributed by atoms with Crippen molar-refractivity contribution in [1.29, 1.82) is 0 Å². The van der Waals surface area contributed by atoms with Gasteiger partial charge in [0, 0.05) is 29.7 Å². The van der Waals surface area contributed by atoms with Crippen LogP contribution in [0.2, 0.25) is 0 Å². The number of carbonyl (C=O) groups excluding carboxylic acids is 1. The first-order valence-electron chi connectivity index (χ1n) is 7.29. The smallest absolute Gasteiger partial charge is 0.228 e. The van der Waals surface area contributed by atoms with Gasteiger partial charge in [0.05, 0.1) is 6.61 Å². The number of rotatable bonds is 5. The summed E-state index contributed by atoms with van der Waals surface area (Å²) in [5.74, 6) is 0.638. The average molecular weight is 305 g/mol. The van der Waals surface area contributed by atoms with Crippen molar-refractivity contribution in [2.75, 3.05) is 6.61 Å². The zero-order valence-electron chi connectivity index (χ0n) is 12.6. The number of nitrogens with zero attached hydrogens (tertiary/aromatic N) is 3. The van der Waals surface area contributed by atoms with E-state index in [2.05, 4.69) is 15.0 Å². The van der Waals surface area contributed by atoms with E-state index in [1.54, 1.807) is 24.5 Å². The van der Waals surface area contributed by atoms with Crippen molar-refractivity contribution < 1.29 is 9.53 Å². The van der Waals surface area contributed by atoms with Crippen LogP contribution in [0.15, 0.2) is 61.1 Å². The molecule has 2 aromatic heterocycles. The van der Waals surface area contributed by atoms with Crippen LogP contribution >= 0.6 is 0 Å². The molecular weight excluding hydrogens is 290 g/mol. The third kappa shape index (κ3) is 3.23. The molecule has 0 fully saturated rings. The summed E-state index contributed by atoms with van der Waals surface area (Å²) in [6.07, 6.45) is 4.85. The van der Waals surface area contributed by atoms with Crippen LogP contribution in [0.3, 0.4) is 0 Å². The molecule has 0 unspecified atom stereocenters. The average Bonchev–Trinajstić information content (AvgIpc) is 2.63. The molecule has 0 amide bonds. The molecule has 5 heteroatoms. The van der Waals surface area contributed by atoms with Crippen LogP contribution in [0.1, 0.15) is 22.8 Å². The number of ketones is 1. The van der Waals surface area contributed by atoms with Crippen LogP contribution < -0.4 is 4.74 Å². The topological polar surface area (TPSA) is 65.0 Å². The Labute approximate surface area is 134 Å². The number of carbonyl (C=O) groups is 1. The van der Waals surface area contributed by atoms with E-state index in [9.17, 15) is 4.79 Å². The minimum Gasteiger partial charge on any atom is -0.477 e. The van der Waals surface area contributed by atoms with E-state index in [-0.39, 0.29) is 5.78 Å². The van der Waals surface area contributed by atoms with Crippen molar-refractivity contribution in [2.24, 2.45) is 0 Å². The zero-order valence-corrected chi connectivity index (χ0v) is 12.6. The van der Waals surface area contributed by atoms with Crippen LogP contribution in [0, 0.1) is 0 Å². The fraction of sp³-hybridized carbons (Fsp3) is 0.111. The van der Waals surface area contributed by atoms with Gasteiger partial charge in [0.1, 0.15) is 5.56 Å². The summed E-state index contributed by atoms with van der Waals surface area (Å²) in [6.45, 7) is 2.27. The van der Waals surface area contributed by atoms with Gasteiger partial charge >= 0.3 is 0 Å². The standard InChI is InChI=1S/C18H15N3O2/c1-2-23-18-15(16(22)13-6-4-3-5-7-13)12-20-17(21-18)14-8-10-19-11-9-14/h3-12H,2H2,1H3. The summed E-state index contributed by atoms with van der Waals surface area (Å²) in [7, 11) is 0. The van der Waals surface area contributed by atoms with Crippen LogP contribution in [0.5, 0.6) is 5.88 Å². The van der Waals surface area contributed by atoms with Crippen molar-refractivity contribution >= 4 is 5.78 Å². The molecule has 0 radical (unpaired) electrons. The third-order valence-electron chi connectivity index (χ3n) is 3.25. The van der Waals surface area contributed by atoms with Crippen molar-refractivity contribution in [2.45, 2.75) is 6.92 Å². The van der Waals surface area contributed by atoms with E-state index in [1.165, 1.54) is 6.20 Å². The fourth-order valence-electron chi connectivity index (χ4n) is 2.15. The molecule has 0 atom stereocenters. The molecule has 3 rings (SSSR count). The molecule has 23 heavy (non-hydrogen) atoms. The highest BCUT2D eigenvalue weighted by Crippen LogP contribution is 2.23. The molecule has 3 aromatic rings. The number of pyridine rings is 1. The summed E-state index contributed by atoms with van der Waals surface area (Å²) in [5.41, 5.74) is 1.75. The van der Waals surface area contributed by atoms with Gasteiger partial charge < -0.3 is 4.74 Å². The van der Waals surface area contributed by atoms with E-state index in [4.69, 9.17) is 4.74 Å². The monoisotopic (exact) mass is 305 g/mol. The van der Waals surface area contributed by atoms with Gasteiger partial charge in [0.25, 0.3) is 0 Å². The lowest BCUT2D eigenvalue weighted by Gasteiger charge is -2.10. The molecule has 5 nitrogen and oxygen atoms in total. The first kappa shape index (κ1) is 14.8. The van der Waals surface area contributed by atoms with E-state index in [0.717, 1.165) is 5.56 Å². The molecule has 0 bridgehead atoms. The maximum atomic E-state index is 12.6. The Morgan fingerprint density at radius 1 is 1.09 bits per heavy atom. The highest BCUT2D eigenvalue weighted by atomic mass is 16.5. The second-order valence-corrected chi connectivity index (χ2v) is 4.78. The van der Waals surface area contributed by atoms with Gasteiger partial charge in [-0.15, -0.1) is 0 Å². The zero-order chi connectivity index (χ0) is 16.1. The third-order valence-corrected chi connectivity index (χ3v) is 3.25. The van der Waals surface area contributed by atoms with Gasteiger partial charge in [-0.05, 0) is 19.1 Å². The molecule has 0 aliphatic carbocycles. The van der Waals surface area contributed by atoms with Crippen LogP contribution in [0.25, 0.3) is 11.4 Å². The van der Waals surface area contributed by atoms with E-state index in [1.807, 2.05) is 37.3 Å². The van der Waals surface area contributed by atoms with Crippen molar-refractivity contribution in [3.63, 3.8) is 0 Å². The Balaban J connectivity index is 2.02. The predicted octanol–water partition coefficient (Wildman–Crippen LogP) is 3.17. The molecule has 0 saturated heterocycles. The fourth-order valence-corrected chi connectivity index (χ4v) is 2.15. The van der Waals surface area contributed by atoms with Crippen molar-refractivity contribution in [1.82, 2.24) is 15.0 Å². The molecule has 1 aromatic carbocycles. The van der Waals surface area contributed by atoms with Crippen LogP contribution in [-0.4, -0.2) is 27.3 Å². The Morgan fingerprint density at radius 3 is 2.52 bits per heavy atom. The molecular formula is C18H15N3O2. The van der Waals surface area contributed by atoms with Gasteiger partial charge in [0.2, 0.25) is 5.88 Å². The molecule has 0 aliphatic heterocycles. The van der Waals surface area contributed by atoms with Gasteiger partial charge in [-0.25, -0.2) is 4.98 Å². The van der Waals surface area contributed by atoms with Gasteiger partial charge in [-0.3, -0.25) is 9.78 Å². The molecule has 114 valence electrons. The SMILES string of the molecule is CCOc1nc(-c2ccncc2)ncc1C(=O)c1ccccc1. The molecule has 0 aliphatic rings.